The summed E-state index contributed by atoms with van der Waals surface area (Å²) in [6, 6.07) is 54.9. The summed E-state index contributed by atoms with van der Waals surface area (Å²) in [6.07, 6.45) is 0. The Kier molecular flexibility index (Phi) is 11.1. The summed E-state index contributed by atoms with van der Waals surface area (Å²) in [4.78, 5) is 4.92. The monoisotopic (exact) mass is 916 g/mol. The SMILES string of the molecule is Cc1ccc(C(C)C)cc1N(c1ccc2cc3c(cc2c1)oc1cc2oc4cc5cc(N(c6cc(C(C)C)ccc6C)c6cc(C(C)C)ccc6C)ccc5cc4c2cc13)c1cc(C(C)C)ccc1C. The molecule has 2 heterocycles. The second kappa shape index (κ2) is 17.3. The standard InChI is InChI=1S/C66H64N2O2/c1-37(2)45-17-13-41(9)59(29-45)67(60-30-46(38(3)4)18-14-42(60)10)53-23-21-49-27-55-57-35-58-56-28-50-22-24-54(26-52(50)34-64(56)70-66(58)36-65(57)69-63(55)33-51(49)25-53)68(61-31-47(39(5)6)19-15-43(61)11)62-32-48(40(7)8)20-16-44(62)12/h13-40H,1-12H3. The number of furan rings is 2. The van der Waals surface area contributed by atoms with Gasteiger partial charge in [-0.2, -0.15) is 0 Å². The Labute approximate surface area is 413 Å². The van der Waals surface area contributed by atoms with E-state index in [9.17, 15) is 0 Å². The topological polar surface area (TPSA) is 32.8 Å². The van der Waals surface area contributed by atoms with Gasteiger partial charge in [-0.15, -0.1) is 0 Å². The lowest BCUT2D eigenvalue weighted by Gasteiger charge is -2.30. The highest BCUT2D eigenvalue weighted by Crippen LogP contribution is 2.46. The highest BCUT2D eigenvalue weighted by atomic mass is 16.3. The van der Waals surface area contributed by atoms with Crippen LogP contribution in [0, 0.1) is 27.7 Å². The fourth-order valence-corrected chi connectivity index (χ4v) is 10.5. The number of nitrogens with zero attached hydrogens (tertiary/aromatic N) is 2. The van der Waals surface area contributed by atoms with Gasteiger partial charge in [0.05, 0.1) is 0 Å². The second-order valence-corrected chi connectivity index (χ2v) is 21.3. The molecule has 11 rings (SSSR count). The molecule has 0 aliphatic carbocycles. The zero-order chi connectivity index (χ0) is 48.9. The van der Waals surface area contributed by atoms with Crippen LogP contribution in [-0.2, 0) is 0 Å². The van der Waals surface area contributed by atoms with E-state index in [1.165, 1.54) is 78.0 Å². The van der Waals surface area contributed by atoms with Gasteiger partial charge in [0.15, 0.2) is 0 Å². The molecular weight excluding hydrogens is 853 g/mol. The first-order valence-electron chi connectivity index (χ1n) is 25.3. The van der Waals surface area contributed by atoms with Crippen LogP contribution in [-0.4, -0.2) is 0 Å². The average Bonchev–Trinajstić information content (AvgIpc) is 3.86. The van der Waals surface area contributed by atoms with Crippen LogP contribution in [0.15, 0.2) is 154 Å². The van der Waals surface area contributed by atoms with Gasteiger partial charge in [-0.3, -0.25) is 0 Å². The van der Waals surface area contributed by atoms with Crippen molar-refractivity contribution >= 4 is 99.5 Å². The summed E-state index contributed by atoms with van der Waals surface area (Å²) in [5, 5.41) is 8.98. The van der Waals surface area contributed by atoms with Crippen LogP contribution < -0.4 is 9.80 Å². The van der Waals surface area contributed by atoms with Crippen LogP contribution in [0.1, 0.15) is 124 Å². The lowest BCUT2D eigenvalue weighted by Crippen LogP contribution is -2.14. The molecule has 0 unspecified atom stereocenters. The Morgan fingerprint density at radius 3 is 0.900 bits per heavy atom. The minimum atomic E-state index is 0.415. The average molecular weight is 917 g/mol. The third kappa shape index (κ3) is 7.79. The van der Waals surface area contributed by atoms with Crippen molar-refractivity contribution in [1.29, 1.82) is 0 Å². The lowest BCUT2D eigenvalue weighted by atomic mass is 9.96. The molecule has 2 aromatic heterocycles. The smallest absolute Gasteiger partial charge is 0.139 e. The summed E-state index contributed by atoms with van der Waals surface area (Å²) in [7, 11) is 0. The van der Waals surface area contributed by atoms with Gasteiger partial charge in [-0.25, -0.2) is 0 Å². The second-order valence-electron chi connectivity index (χ2n) is 21.3. The predicted octanol–water partition coefficient (Wildman–Crippen LogP) is 20.5. The number of aryl methyl sites for hydroxylation is 4. The quantitative estimate of drug-likeness (QED) is 0.137. The van der Waals surface area contributed by atoms with E-state index in [-0.39, 0.29) is 0 Å². The number of hydrogen-bond donors (Lipinski definition) is 0. The number of fused-ring (bicyclic) bond motifs is 8. The van der Waals surface area contributed by atoms with Crippen LogP contribution in [0.25, 0.3) is 65.4 Å². The van der Waals surface area contributed by atoms with Gasteiger partial charge < -0.3 is 18.6 Å². The molecule has 70 heavy (non-hydrogen) atoms. The largest absolute Gasteiger partial charge is 0.456 e. The Bertz CT molecular complexity index is 3500. The molecule has 0 saturated heterocycles. The maximum absolute atomic E-state index is 6.75. The molecule has 0 N–H and O–H groups in total. The van der Waals surface area contributed by atoms with Gasteiger partial charge >= 0.3 is 0 Å². The Morgan fingerprint density at radius 2 is 0.586 bits per heavy atom. The molecule has 9 aromatic carbocycles. The van der Waals surface area contributed by atoms with Crippen LogP contribution >= 0.6 is 0 Å². The fraction of sp³-hybridized carbons (Fsp3) is 0.242. The van der Waals surface area contributed by atoms with Crippen molar-refractivity contribution in [1.82, 2.24) is 0 Å². The maximum Gasteiger partial charge on any atom is 0.139 e. The molecule has 0 bridgehead atoms. The van der Waals surface area contributed by atoms with E-state index in [1.54, 1.807) is 0 Å². The van der Waals surface area contributed by atoms with Gasteiger partial charge in [0, 0.05) is 61.7 Å². The Morgan fingerprint density at radius 1 is 0.286 bits per heavy atom. The summed E-state index contributed by atoms with van der Waals surface area (Å²) >= 11 is 0. The zero-order valence-corrected chi connectivity index (χ0v) is 42.9. The molecule has 0 atom stereocenters. The number of hydrogen-bond acceptors (Lipinski definition) is 4. The van der Waals surface area contributed by atoms with E-state index < -0.39 is 0 Å². The summed E-state index contributed by atoms with van der Waals surface area (Å²) in [5.74, 6) is 1.66. The molecule has 4 heteroatoms. The van der Waals surface area contributed by atoms with E-state index in [1.807, 2.05) is 0 Å². The van der Waals surface area contributed by atoms with Crippen LogP contribution in [0.2, 0.25) is 0 Å². The Hall–Kier alpha value is -7.30. The van der Waals surface area contributed by atoms with Crippen molar-refractivity contribution in [2.75, 3.05) is 9.80 Å². The number of rotatable bonds is 10. The molecular formula is C66H64N2O2. The molecule has 11 aromatic rings. The van der Waals surface area contributed by atoms with Crippen molar-refractivity contribution in [2.24, 2.45) is 0 Å². The van der Waals surface area contributed by atoms with Crippen molar-refractivity contribution < 1.29 is 8.83 Å². The summed E-state index contributed by atoms with van der Waals surface area (Å²) in [5.41, 5.74) is 20.7. The van der Waals surface area contributed by atoms with Crippen LogP contribution in [0.3, 0.4) is 0 Å². The molecule has 0 amide bonds. The first-order valence-corrected chi connectivity index (χ1v) is 25.3. The van der Waals surface area contributed by atoms with E-state index in [0.717, 1.165) is 66.0 Å². The van der Waals surface area contributed by atoms with E-state index >= 15 is 0 Å². The predicted molar refractivity (Wildman–Crippen MR) is 301 cm³/mol. The van der Waals surface area contributed by atoms with Gasteiger partial charge in [0.2, 0.25) is 0 Å². The van der Waals surface area contributed by atoms with Gasteiger partial charge in [0.25, 0.3) is 0 Å². The van der Waals surface area contributed by atoms with Gasteiger partial charge in [-0.05, 0) is 196 Å². The molecule has 350 valence electrons. The minimum absolute atomic E-state index is 0.415. The minimum Gasteiger partial charge on any atom is -0.456 e. The van der Waals surface area contributed by atoms with E-state index in [0.29, 0.717) is 23.7 Å². The number of benzene rings is 9. The fourth-order valence-electron chi connectivity index (χ4n) is 10.5. The van der Waals surface area contributed by atoms with Gasteiger partial charge in [0.1, 0.15) is 22.3 Å². The molecule has 0 fully saturated rings. The Balaban J connectivity index is 1.02. The molecule has 0 aliphatic heterocycles. The molecule has 0 aliphatic rings. The lowest BCUT2D eigenvalue weighted by molar-refractivity contribution is 0.656. The van der Waals surface area contributed by atoms with E-state index in [4.69, 9.17) is 8.83 Å². The molecule has 4 nitrogen and oxygen atoms in total. The van der Waals surface area contributed by atoms with Crippen molar-refractivity contribution in [3.63, 3.8) is 0 Å². The first kappa shape index (κ1) is 45.2. The highest BCUT2D eigenvalue weighted by molar-refractivity contribution is 6.18. The third-order valence-electron chi connectivity index (χ3n) is 15.0. The number of anilines is 6. The first-order chi connectivity index (χ1) is 33.6. The van der Waals surface area contributed by atoms with Crippen LogP contribution in [0.5, 0.6) is 0 Å². The summed E-state index contributed by atoms with van der Waals surface area (Å²) in [6.45, 7) is 27.1. The summed E-state index contributed by atoms with van der Waals surface area (Å²) < 4.78 is 13.5. The van der Waals surface area contributed by atoms with Crippen molar-refractivity contribution in [3.8, 4) is 0 Å². The third-order valence-corrected chi connectivity index (χ3v) is 15.0. The van der Waals surface area contributed by atoms with E-state index in [2.05, 4.69) is 238 Å². The zero-order valence-electron chi connectivity index (χ0n) is 42.9. The highest BCUT2D eigenvalue weighted by Gasteiger charge is 2.23. The van der Waals surface area contributed by atoms with Crippen molar-refractivity contribution in [2.45, 2.75) is 107 Å². The molecule has 0 radical (unpaired) electrons. The normalized spacial score (nSPS) is 12.2. The van der Waals surface area contributed by atoms with Crippen LogP contribution in [0.4, 0.5) is 34.1 Å². The van der Waals surface area contributed by atoms with Crippen molar-refractivity contribution in [3.05, 3.63) is 190 Å². The molecule has 0 saturated carbocycles. The molecule has 0 spiro atoms. The van der Waals surface area contributed by atoms with Gasteiger partial charge in [-0.1, -0.05) is 116 Å². The maximum atomic E-state index is 6.75.